The first kappa shape index (κ1) is 31.2. The van der Waals surface area contributed by atoms with Gasteiger partial charge in [0.15, 0.2) is 0 Å². The molecule has 7 nitrogen and oxygen atoms in total. The van der Waals surface area contributed by atoms with Crippen LogP contribution in [-0.2, 0) is 26.2 Å². The van der Waals surface area contributed by atoms with Crippen molar-refractivity contribution in [2.75, 3.05) is 17.4 Å². The van der Waals surface area contributed by atoms with E-state index in [2.05, 4.69) is 5.32 Å². The lowest BCUT2D eigenvalue weighted by molar-refractivity contribution is -0.140. The van der Waals surface area contributed by atoms with Crippen LogP contribution in [-0.4, -0.2) is 44.3 Å². The molecule has 1 atom stereocenters. The summed E-state index contributed by atoms with van der Waals surface area (Å²) in [5.41, 5.74) is 3.09. The van der Waals surface area contributed by atoms with Gasteiger partial charge in [0.25, 0.3) is 10.0 Å². The number of halogens is 1. The summed E-state index contributed by atoms with van der Waals surface area (Å²) in [6, 6.07) is 19.7. The Bertz CT molecular complexity index is 1390. The number of carbonyl (C=O) groups excluding carboxylic acids is 2. The number of unbranched alkanes of at least 4 members (excludes halogenated alkanes) is 1. The zero-order valence-electron chi connectivity index (χ0n) is 23.6. The highest BCUT2D eigenvalue weighted by Crippen LogP contribution is 2.26. The highest BCUT2D eigenvalue weighted by molar-refractivity contribution is 7.92. The molecule has 0 radical (unpaired) electrons. The van der Waals surface area contributed by atoms with Crippen LogP contribution in [0.3, 0.4) is 0 Å². The number of nitrogens with one attached hydrogen (secondary N) is 1. The van der Waals surface area contributed by atoms with Gasteiger partial charge in [-0.25, -0.2) is 8.42 Å². The Labute approximate surface area is 243 Å². The van der Waals surface area contributed by atoms with Crippen LogP contribution < -0.4 is 9.62 Å². The van der Waals surface area contributed by atoms with Crippen LogP contribution in [0.1, 0.15) is 49.8 Å². The van der Waals surface area contributed by atoms with E-state index in [0.717, 1.165) is 33.8 Å². The maximum atomic E-state index is 14.1. The van der Waals surface area contributed by atoms with E-state index in [0.29, 0.717) is 23.7 Å². The Hall–Kier alpha value is -3.36. The van der Waals surface area contributed by atoms with Gasteiger partial charge in [0.05, 0.1) is 10.6 Å². The van der Waals surface area contributed by atoms with Crippen LogP contribution in [0, 0.1) is 13.8 Å². The molecule has 3 aromatic rings. The van der Waals surface area contributed by atoms with Crippen LogP contribution in [0.15, 0.2) is 77.7 Å². The minimum atomic E-state index is -4.12. The lowest BCUT2D eigenvalue weighted by atomic mass is 10.1. The van der Waals surface area contributed by atoms with E-state index in [1.54, 1.807) is 36.4 Å². The van der Waals surface area contributed by atoms with Crippen molar-refractivity contribution in [2.24, 2.45) is 0 Å². The molecule has 1 N–H and O–H groups in total. The molecule has 0 aromatic heterocycles. The normalized spacial score (nSPS) is 12.0. The molecule has 0 spiro atoms. The van der Waals surface area contributed by atoms with Gasteiger partial charge in [0.2, 0.25) is 11.8 Å². The SMILES string of the molecule is CCCCNC(=O)[C@H](CC)N(Cc1cccc(C)c1)C(=O)CN(c1ccc(Cl)cc1)S(=O)(=O)c1ccc(C)cc1. The second-order valence-electron chi connectivity index (χ2n) is 9.88. The topological polar surface area (TPSA) is 86.8 Å². The summed E-state index contributed by atoms with van der Waals surface area (Å²) in [4.78, 5) is 28.9. The van der Waals surface area contributed by atoms with E-state index in [-0.39, 0.29) is 17.3 Å². The summed E-state index contributed by atoms with van der Waals surface area (Å²) in [6.45, 7) is 7.91. The van der Waals surface area contributed by atoms with E-state index in [9.17, 15) is 18.0 Å². The molecule has 0 saturated carbocycles. The monoisotopic (exact) mass is 583 g/mol. The van der Waals surface area contributed by atoms with Crippen molar-refractivity contribution in [3.8, 4) is 0 Å². The molecule has 0 saturated heterocycles. The van der Waals surface area contributed by atoms with Crippen LogP contribution in [0.25, 0.3) is 0 Å². The standard InChI is InChI=1S/C31H38ClN3O4S/c1-5-7-19-33-31(37)29(6-2)34(21-25-10-8-9-24(4)20-25)30(36)22-35(27-15-13-26(32)14-16-27)40(38,39)28-17-11-23(3)12-18-28/h8-18,20,29H,5-7,19,21-22H2,1-4H3,(H,33,37)/t29-/m0/s1. The molecular formula is C31H38ClN3O4S. The molecule has 2 amide bonds. The largest absolute Gasteiger partial charge is 0.354 e. The van der Waals surface area contributed by atoms with Gasteiger partial charge in [-0.1, -0.05) is 79.4 Å². The van der Waals surface area contributed by atoms with E-state index in [1.165, 1.54) is 17.0 Å². The fourth-order valence-electron chi connectivity index (χ4n) is 4.41. The highest BCUT2D eigenvalue weighted by atomic mass is 35.5. The minimum absolute atomic E-state index is 0.0652. The molecule has 0 unspecified atom stereocenters. The van der Waals surface area contributed by atoms with Gasteiger partial charge < -0.3 is 10.2 Å². The fourth-order valence-corrected chi connectivity index (χ4v) is 5.95. The molecule has 9 heteroatoms. The quantitative estimate of drug-likeness (QED) is 0.255. The van der Waals surface area contributed by atoms with E-state index in [1.807, 2.05) is 52.0 Å². The number of anilines is 1. The van der Waals surface area contributed by atoms with E-state index < -0.39 is 28.5 Å². The van der Waals surface area contributed by atoms with Crippen molar-refractivity contribution >= 4 is 39.1 Å². The number of aryl methyl sites for hydroxylation is 2. The maximum Gasteiger partial charge on any atom is 0.264 e. The Kier molecular flexibility index (Phi) is 11.2. The summed E-state index contributed by atoms with van der Waals surface area (Å²) in [7, 11) is -4.12. The lowest BCUT2D eigenvalue weighted by Gasteiger charge is -2.33. The smallest absolute Gasteiger partial charge is 0.264 e. The van der Waals surface area contributed by atoms with Crippen LogP contribution >= 0.6 is 11.6 Å². The molecule has 0 fully saturated rings. The first-order valence-corrected chi connectivity index (χ1v) is 15.4. The predicted molar refractivity (Wildman–Crippen MR) is 161 cm³/mol. The van der Waals surface area contributed by atoms with Crippen molar-refractivity contribution in [2.45, 2.75) is 64.4 Å². The summed E-state index contributed by atoms with van der Waals surface area (Å²) < 4.78 is 28.8. The average molecular weight is 584 g/mol. The van der Waals surface area contributed by atoms with Gasteiger partial charge in [-0.05, 0) is 68.7 Å². The van der Waals surface area contributed by atoms with Crippen LogP contribution in [0.5, 0.6) is 0 Å². The van der Waals surface area contributed by atoms with Gasteiger partial charge in [0, 0.05) is 18.1 Å². The molecule has 0 aliphatic carbocycles. The zero-order valence-corrected chi connectivity index (χ0v) is 25.1. The molecule has 0 heterocycles. The van der Waals surface area contributed by atoms with Crippen molar-refractivity contribution in [3.05, 3.63) is 94.5 Å². The summed E-state index contributed by atoms with van der Waals surface area (Å²) in [5, 5.41) is 3.38. The third kappa shape index (κ3) is 8.08. The first-order chi connectivity index (χ1) is 19.1. The molecule has 40 heavy (non-hydrogen) atoms. The Morgan fingerprint density at radius 3 is 2.20 bits per heavy atom. The minimum Gasteiger partial charge on any atom is -0.354 e. The molecule has 0 bridgehead atoms. The number of carbonyl (C=O) groups is 2. The van der Waals surface area contributed by atoms with E-state index >= 15 is 0 Å². The summed E-state index contributed by atoms with van der Waals surface area (Å²) >= 11 is 6.08. The summed E-state index contributed by atoms with van der Waals surface area (Å²) in [5.74, 6) is -0.735. The molecule has 0 aliphatic rings. The van der Waals surface area contributed by atoms with Gasteiger partial charge in [-0.15, -0.1) is 0 Å². The summed E-state index contributed by atoms with van der Waals surface area (Å²) in [6.07, 6.45) is 2.13. The predicted octanol–water partition coefficient (Wildman–Crippen LogP) is 5.88. The number of sulfonamides is 1. The molecular weight excluding hydrogens is 546 g/mol. The van der Waals surface area contributed by atoms with Gasteiger partial charge >= 0.3 is 0 Å². The maximum absolute atomic E-state index is 14.1. The third-order valence-electron chi connectivity index (χ3n) is 6.65. The third-order valence-corrected chi connectivity index (χ3v) is 8.69. The average Bonchev–Trinajstić information content (AvgIpc) is 2.92. The second-order valence-corrected chi connectivity index (χ2v) is 12.2. The van der Waals surface area contributed by atoms with Crippen molar-refractivity contribution < 1.29 is 18.0 Å². The van der Waals surface area contributed by atoms with Crippen LogP contribution in [0.2, 0.25) is 5.02 Å². The number of hydrogen-bond acceptors (Lipinski definition) is 4. The Morgan fingerprint density at radius 2 is 1.60 bits per heavy atom. The number of hydrogen-bond donors (Lipinski definition) is 1. The lowest BCUT2D eigenvalue weighted by Crippen LogP contribution is -2.52. The van der Waals surface area contributed by atoms with Crippen molar-refractivity contribution in [3.63, 3.8) is 0 Å². The Balaban J connectivity index is 2.03. The molecule has 214 valence electrons. The van der Waals surface area contributed by atoms with Gasteiger partial charge in [-0.3, -0.25) is 13.9 Å². The second kappa shape index (κ2) is 14.3. The Morgan fingerprint density at radius 1 is 0.925 bits per heavy atom. The van der Waals surface area contributed by atoms with Gasteiger partial charge in [-0.2, -0.15) is 0 Å². The highest BCUT2D eigenvalue weighted by Gasteiger charge is 2.33. The van der Waals surface area contributed by atoms with E-state index in [4.69, 9.17) is 11.6 Å². The molecule has 0 aliphatic heterocycles. The molecule has 3 aromatic carbocycles. The number of nitrogens with zero attached hydrogens (tertiary/aromatic N) is 2. The number of rotatable bonds is 13. The van der Waals surface area contributed by atoms with Gasteiger partial charge in [0.1, 0.15) is 12.6 Å². The fraction of sp³-hybridized carbons (Fsp3) is 0.355. The number of benzene rings is 3. The van der Waals surface area contributed by atoms with Crippen molar-refractivity contribution in [1.29, 1.82) is 0 Å². The number of amides is 2. The van der Waals surface area contributed by atoms with Crippen LogP contribution in [0.4, 0.5) is 5.69 Å². The first-order valence-electron chi connectivity index (χ1n) is 13.5. The molecule has 3 rings (SSSR count). The zero-order chi connectivity index (χ0) is 29.3. The van der Waals surface area contributed by atoms with Crippen molar-refractivity contribution in [1.82, 2.24) is 10.2 Å².